The van der Waals surface area contributed by atoms with Crippen LogP contribution in [-0.4, -0.2) is 25.0 Å². The summed E-state index contributed by atoms with van der Waals surface area (Å²) in [5, 5.41) is 6.44. The van der Waals surface area contributed by atoms with E-state index in [4.69, 9.17) is 0 Å². The Morgan fingerprint density at radius 2 is 1.93 bits per heavy atom. The van der Waals surface area contributed by atoms with Gasteiger partial charge in [-0.1, -0.05) is 13.8 Å². The van der Waals surface area contributed by atoms with Crippen LogP contribution in [0.3, 0.4) is 0 Å². The minimum atomic E-state index is 0.213. The highest BCUT2D eigenvalue weighted by molar-refractivity contribution is 5.78. The van der Waals surface area contributed by atoms with Crippen molar-refractivity contribution in [1.29, 1.82) is 0 Å². The number of hydrogen-bond acceptors (Lipinski definition) is 2. The van der Waals surface area contributed by atoms with Crippen molar-refractivity contribution in [1.82, 2.24) is 10.6 Å². The summed E-state index contributed by atoms with van der Waals surface area (Å²) < 4.78 is 0. The molecule has 1 aliphatic heterocycles. The molecule has 0 bridgehead atoms. The first-order chi connectivity index (χ1) is 6.77. The number of carbonyl (C=O) groups is 1. The van der Waals surface area contributed by atoms with Gasteiger partial charge in [0.05, 0.1) is 0 Å². The molecule has 0 spiro atoms. The van der Waals surface area contributed by atoms with E-state index in [-0.39, 0.29) is 11.8 Å². The van der Waals surface area contributed by atoms with E-state index in [1.165, 1.54) is 0 Å². The second kappa shape index (κ2) is 6.02. The van der Waals surface area contributed by atoms with Gasteiger partial charge >= 0.3 is 0 Å². The van der Waals surface area contributed by atoms with E-state index >= 15 is 0 Å². The molecule has 82 valence electrons. The fourth-order valence-corrected chi connectivity index (χ4v) is 1.94. The van der Waals surface area contributed by atoms with Gasteiger partial charge in [0, 0.05) is 12.0 Å². The minimum Gasteiger partial charge on any atom is -0.353 e. The number of carbonyl (C=O) groups excluding carboxylic acids is 1. The molecule has 0 atom stereocenters. The van der Waals surface area contributed by atoms with Crippen LogP contribution in [0.4, 0.5) is 0 Å². The van der Waals surface area contributed by atoms with E-state index < -0.39 is 0 Å². The lowest BCUT2D eigenvalue weighted by molar-refractivity contribution is -0.126. The highest BCUT2D eigenvalue weighted by Gasteiger charge is 2.19. The molecule has 2 N–H and O–H groups in total. The molecule has 1 saturated heterocycles. The monoisotopic (exact) mass is 198 g/mol. The van der Waals surface area contributed by atoms with E-state index in [0.717, 1.165) is 38.8 Å². The van der Waals surface area contributed by atoms with Crippen LogP contribution in [0, 0.1) is 5.92 Å². The normalized spacial score (nSPS) is 18.5. The van der Waals surface area contributed by atoms with Gasteiger partial charge in [-0.25, -0.2) is 0 Å². The van der Waals surface area contributed by atoms with Gasteiger partial charge in [0.25, 0.3) is 0 Å². The number of rotatable bonds is 4. The highest BCUT2D eigenvalue weighted by atomic mass is 16.1. The van der Waals surface area contributed by atoms with Crippen LogP contribution in [0.5, 0.6) is 0 Å². The summed E-state index contributed by atoms with van der Waals surface area (Å²) in [4.78, 5) is 11.7. The van der Waals surface area contributed by atoms with Gasteiger partial charge in [-0.15, -0.1) is 0 Å². The Balaban J connectivity index is 2.30. The van der Waals surface area contributed by atoms with Gasteiger partial charge in [-0.2, -0.15) is 0 Å². The first-order valence-corrected chi connectivity index (χ1v) is 5.79. The predicted molar refractivity (Wildman–Crippen MR) is 58.1 cm³/mol. The Bertz CT molecular complexity index is 172. The van der Waals surface area contributed by atoms with Crippen LogP contribution in [0.2, 0.25) is 0 Å². The molecule has 0 aromatic rings. The molecule has 1 aliphatic rings. The molecule has 1 fully saturated rings. The van der Waals surface area contributed by atoms with Crippen LogP contribution in [0.15, 0.2) is 0 Å². The molecule has 0 saturated carbocycles. The molecule has 0 unspecified atom stereocenters. The van der Waals surface area contributed by atoms with Gasteiger partial charge in [-0.3, -0.25) is 4.79 Å². The topological polar surface area (TPSA) is 41.1 Å². The minimum absolute atomic E-state index is 0.213. The molecule has 0 aromatic heterocycles. The fraction of sp³-hybridized carbons (Fsp3) is 0.909. The Labute approximate surface area is 86.6 Å². The molecular weight excluding hydrogens is 176 g/mol. The summed E-state index contributed by atoms with van der Waals surface area (Å²) in [5.74, 6) is 0.465. The second-order valence-corrected chi connectivity index (χ2v) is 4.05. The molecule has 1 amide bonds. The van der Waals surface area contributed by atoms with Gasteiger partial charge in [0.1, 0.15) is 0 Å². The summed E-state index contributed by atoms with van der Waals surface area (Å²) in [6.07, 6.45) is 4.05. The quantitative estimate of drug-likeness (QED) is 0.714. The largest absolute Gasteiger partial charge is 0.353 e. The highest BCUT2D eigenvalue weighted by Crippen LogP contribution is 2.09. The zero-order valence-electron chi connectivity index (χ0n) is 9.31. The second-order valence-electron chi connectivity index (χ2n) is 4.05. The zero-order chi connectivity index (χ0) is 10.4. The van der Waals surface area contributed by atoms with E-state index in [1.54, 1.807) is 0 Å². The first kappa shape index (κ1) is 11.5. The lowest BCUT2D eigenvalue weighted by Crippen LogP contribution is -2.44. The predicted octanol–water partition coefficient (Wildman–Crippen LogP) is 1.29. The Morgan fingerprint density at radius 3 is 2.43 bits per heavy atom. The molecule has 14 heavy (non-hydrogen) atoms. The number of piperidine rings is 1. The maximum absolute atomic E-state index is 11.7. The maximum atomic E-state index is 11.7. The summed E-state index contributed by atoms with van der Waals surface area (Å²) in [6, 6.07) is 0.407. The van der Waals surface area contributed by atoms with E-state index in [9.17, 15) is 4.79 Å². The summed E-state index contributed by atoms with van der Waals surface area (Å²) >= 11 is 0. The SMILES string of the molecule is CCC(CC)C(=O)NC1CCNCC1. The molecule has 1 heterocycles. The smallest absolute Gasteiger partial charge is 0.223 e. The standard InChI is InChI=1S/C11H22N2O/c1-3-9(4-2)11(14)13-10-5-7-12-8-6-10/h9-10,12H,3-8H2,1-2H3,(H,13,14). The van der Waals surface area contributed by atoms with Crippen LogP contribution in [-0.2, 0) is 4.79 Å². The Kier molecular flexibility index (Phi) is 4.94. The third-order valence-corrected chi connectivity index (χ3v) is 3.04. The Hall–Kier alpha value is -0.570. The molecule has 0 aliphatic carbocycles. The first-order valence-electron chi connectivity index (χ1n) is 5.79. The average molecular weight is 198 g/mol. The van der Waals surface area contributed by atoms with Crippen LogP contribution in [0.1, 0.15) is 39.5 Å². The van der Waals surface area contributed by atoms with Gasteiger partial charge in [0.15, 0.2) is 0 Å². The van der Waals surface area contributed by atoms with E-state index in [1.807, 2.05) is 0 Å². The summed E-state index contributed by atoms with van der Waals surface area (Å²) in [7, 11) is 0. The van der Waals surface area contributed by atoms with Crippen LogP contribution >= 0.6 is 0 Å². The van der Waals surface area contributed by atoms with Gasteiger partial charge in [-0.05, 0) is 38.8 Å². The zero-order valence-corrected chi connectivity index (χ0v) is 9.31. The van der Waals surface area contributed by atoms with Crippen molar-refractivity contribution >= 4 is 5.91 Å². The molecule has 3 heteroatoms. The summed E-state index contributed by atoms with van der Waals surface area (Å²) in [6.45, 7) is 6.23. The Morgan fingerprint density at radius 1 is 1.36 bits per heavy atom. The number of amides is 1. The van der Waals surface area contributed by atoms with E-state index in [2.05, 4.69) is 24.5 Å². The van der Waals surface area contributed by atoms with Crippen molar-refractivity contribution in [2.45, 2.75) is 45.6 Å². The van der Waals surface area contributed by atoms with Gasteiger partial charge in [0.2, 0.25) is 5.91 Å². The third kappa shape index (κ3) is 3.29. The van der Waals surface area contributed by atoms with Crippen molar-refractivity contribution in [3.05, 3.63) is 0 Å². The lowest BCUT2D eigenvalue weighted by Gasteiger charge is -2.25. The van der Waals surface area contributed by atoms with Crippen molar-refractivity contribution in [2.24, 2.45) is 5.92 Å². The van der Waals surface area contributed by atoms with Crippen LogP contribution in [0.25, 0.3) is 0 Å². The summed E-state index contributed by atoms with van der Waals surface area (Å²) in [5.41, 5.74) is 0. The average Bonchev–Trinajstić information content (AvgIpc) is 2.21. The molecule has 0 aromatic carbocycles. The van der Waals surface area contributed by atoms with Crippen LogP contribution < -0.4 is 10.6 Å². The van der Waals surface area contributed by atoms with Crippen molar-refractivity contribution in [2.75, 3.05) is 13.1 Å². The number of nitrogens with one attached hydrogen (secondary N) is 2. The van der Waals surface area contributed by atoms with Crippen molar-refractivity contribution < 1.29 is 4.79 Å². The third-order valence-electron chi connectivity index (χ3n) is 3.04. The van der Waals surface area contributed by atoms with E-state index in [0.29, 0.717) is 6.04 Å². The van der Waals surface area contributed by atoms with Crippen molar-refractivity contribution in [3.8, 4) is 0 Å². The maximum Gasteiger partial charge on any atom is 0.223 e. The molecule has 3 nitrogen and oxygen atoms in total. The lowest BCUT2D eigenvalue weighted by atomic mass is 10.0. The van der Waals surface area contributed by atoms with Gasteiger partial charge < -0.3 is 10.6 Å². The molecular formula is C11H22N2O. The molecule has 0 radical (unpaired) electrons. The number of hydrogen-bond donors (Lipinski definition) is 2. The molecule has 1 rings (SSSR count). The van der Waals surface area contributed by atoms with Crippen molar-refractivity contribution in [3.63, 3.8) is 0 Å². The fourth-order valence-electron chi connectivity index (χ4n) is 1.94.